The Labute approximate surface area is 104 Å². The molecule has 2 unspecified atom stereocenters. The number of fused-ring (bicyclic) bond motifs is 1. The molecule has 0 spiro atoms. The predicted molar refractivity (Wildman–Crippen MR) is 66.1 cm³/mol. The zero-order chi connectivity index (χ0) is 11.8. The number of imidazole rings is 1. The number of hydrogen-bond donors (Lipinski definition) is 1. The van der Waals surface area contributed by atoms with E-state index in [1.165, 1.54) is 24.4 Å². The normalized spacial score (nSPS) is 28.0. The van der Waals surface area contributed by atoms with Crippen molar-refractivity contribution < 1.29 is 9.90 Å². The fourth-order valence-electron chi connectivity index (χ4n) is 2.74. The van der Waals surface area contributed by atoms with Crippen molar-refractivity contribution in [3.05, 3.63) is 17.7 Å². The Balaban J connectivity index is 1.84. The standard InChI is InChI=1S/C12H16N2O2S/c15-12(16)8-3-4-14-9(6-8)7-13-11(14)10-2-1-5-17-10/h7-8,10H,1-6H2,(H,15,16). The maximum absolute atomic E-state index is 11.0. The zero-order valence-electron chi connectivity index (χ0n) is 9.63. The largest absolute Gasteiger partial charge is 0.481 e. The van der Waals surface area contributed by atoms with Gasteiger partial charge in [0.2, 0.25) is 0 Å². The van der Waals surface area contributed by atoms with Gasteiger partial charge in [-0.25, -0.2) is 4.98 Å². The molecule has 2 aliphatic rings. The number of aromatic nitrogens is 2. The van der Waals surface area contributed by atoms with E-state index in [9.17, 15) is 4.79 Å². The van der Waals surface area contributed by atoms with Gasteiger partial charge in [-0.2, -0.15) is 11.8 Å². The van der Waals surface area contributed by atoms with Crippen LogP contribution < -0.4 is 0 Å². The molecule has 1 aromatic rings. The molecule has 0 saturated carbocycles. The summed E-state index contributed by atoms with van der Waals surface area (Å²) < 4.78 is 2.25. The Morgan fingerprint density at radius 2 is 2.41 bits per heavy atom. The van der Waals surface area contributed by atoms with Gasteiger partial charge in [-0.05, 0) is 25.0 Å². The fraction of sp³-hybridized carbons (Fsp3) is 0.667. The van der Waals surface area contributed by atoms with E-state index >= 15 is 0 Å². The van der Waals surface area contributed by atoms with Crippen molar-refractivity contribution >= 4 is 17.7 Å². The first-order valence-electron chi connectivity index (χ1n) is 6.14. The Morgan fingerprint density at radius 1 is 1.53 bits per heavy atom. The van der Waals surface area contributed by atoms with Crippen molar-refractivity contribution in [2.45, 2.75) is 37.5 Å². The molecule has 1 fully saturated rings. The van der Waals surface area contributed by atoms with Crippen molar-refractivity contribution in [2.24, 2.45) is 5.92 Å². The van der Waals surface area contributed by atoms with E-state index in [-0.39, 0.29) is 5.92 Å². The summed E-state index contributed by atoms with van der Waals surface area (Å²) in [6.45, 7) is 0.818. The summed E-state index contributed by atoms with van der Waals surface area (Å²) in [6, 6.07) is 0. The molecule has 1 saturated heterocycles. The second kappa shape index (κ2) is 4.37. The number of thioether (sulfide) groups is 1. The summed E-state index contributed by atoms with van der Waals surface area (Å²) in [4.78, 5) is 15.5. The van der Waals surface area contributed by atoms with Gasteiger partial charge in [0.1, 0.15) is 5.82 Å². The Kier molecular flexibility index (Phi) is 2.86. The van der Waals surface area contributed by atoms with E-state index in [0.717, 1.165) is 18.7 Å². The molecular formula is C12H16N2O2S. The highest BCUT2D eigenvalue weighted by atomic mass is 32.2. The van der Waals surface area contributed by atoms with Gasteiger partial charge in [0.05, 0.1) is 11.2 Å². The van der Waals surface area contributed by atoms with Crippen LogP contribution >= 0.6 is 11.8 Å². The molecule has 0 radical (unpaired) electrons. The summed E-state index contributed by atoms with van der Waals surface area (Å²) in [6.07, 6.45) is 5.74. The number of hydrogen-bond acceptors (Lipinski definition) is 3. The highest BCUT2D eigenvalue weighted by molar-refractivity contribution is 7.99. The average Bonchev–Trinajstić information content (AvgIpc) is 2.96. The fourth-order valence-corrected chi connectivity index (χ4v) is 4.03. The smallest absolute Gasteiger partial charge is 0.306 e. The highest BCUT2D eigenvalue weighted by Crippen LogP contribution is 2.40. The van der Waals surface area contributed by atoms with Crippen molar-refractivity contribution in [3.8, 4) is 0 Å². The van der Waals surface area contributed by atoms with E-state index in [1.807, 2.05) is 18.0 Å². The van der Waals surface area contributed by atoms with Crippen LogP contribution in [0.25, 0.3) is 0 Å². The van der Waals surface area contributed by atoms with E-state index < -0.39 is 5.97 Å². The molecule has 1 aromatic heterocycles. The molecule has 17 heavy (non-hydrogen) atoms. The maximum Gasteiger partial charge on any atom is 0.306 e. The summed E-state index contributed by atoms with van der Waals surface area (Å²) in [7, 11) is 0. The zero-order valence-corrected chi connectivity index (χ0v) is 10.4. The van der Waals surface area contributed by atoms with Crippen LogP contribution in [0.5, 0.6) is 0 Å². The monoisotopic (exact) mass is 252 g/mol. The minimum absolute atomic E-state index is 0.219. The van der Waals surface area contributed by atoms with Crippen molar-refractivity contribution in [3.63, 3.8) is 0 Å². The van der Waals surface area contributed by atoms with Crippen LogP contribution in [0, 0.1) is 5.92 Å². The van der Waals surface area contributed by atoms with Crippen molar-refractivity contribution in [1.29, 1.82) is 0 Å². The lowest BCUT2D eigenvalue weighted by Gasteiger charge is -2.23. The van der Waals surface area contributed by atoms with Gasteiger partial charge in [-0.1, -0.05) is 0 Å². The minimum atomic E-state index is -0.672. The first-order valence-corrected chi connectivity index (χ1v) is 7.19. The highest BCUT2D eigenvalue weighted by Gasteiger charge is 2.29. The topological polar surface area (TPSA) is 55.1 Å². The number of carboxylic acid groups (broad SMARTS) is 1. The summed E-state index contributed by atoms with van der Waals surface area (Å²) in [5, 5.41) is 9.58. The van der Waals surface area contributed by atoms with Crippen LogP contribution in [-0.2, 0) is 17.8 Å². The third-order valence-corrected chi connectivity index (χ3v) is 5.07. The molecule has 3 rings (SSSR count). The SMILES string of the molecule is O=C(O)C1CCn2c(cnc2C2CCCS2)C1. The summed E-state index contributed by atoms with van der Waals surface area (Å²) in [5.41, 5.74) is 1.10. The van der Waals surface area contributed by atoms with Gasteiger partial charge in [0.15, 0.2) is 0 Å². The van der Waals surface area contributed by atoms with Crippen molar-refractivity contribution in [2.75, 3.05) is 5.75 Å². The quantitative estimate of drug-likeness (QED) is 0.875. The molecule has 1 N–H and O–H groups in total. The molecule has 5 heteroatoms. The minimum Gasteiger partial charge on any atom is -0.481 e. The van der Waals surface area contributed by atoms with Gasteiger partial charge < -0.3 is 9.67 Å². The summed E-state index contributed by atoms with van der Waals surface area (Å²) >= 11 is 1.98. The van der Waals surface area contributed by atoms with E-state index in [4.69, 9.17) is 5.11 Å². The lowest BCUT2D eigenvalue weighted by Crippen LogP contribution is -2.26. The van der Waals surface area contributed by atoms with Crippen LogP contribution in [-0.4, -0.2) is 26.4 Å². The average molecular weight is 252 g/mol. The first-order chi connectivity index (χ1) is 8.25. The molecule has 0 aliphatic carbocycles. The molecule has 2 atom stereocenters. The molecule has 4 nitrogen and oxygen atoms in total. The summed E-state index contributed by atoms with van der Waals surface area (Å²) in [5.74, 6) is 1.51. The van der Waals surface area contributed by atoms with E-state index in [0.29, 0.717) is 11.7 Å². The number of rotatable bonds is 2. The van der Waals surface area contributed by atoms with Crippen molar-refractivity contribution in [1.82, 2.24) is 9.55 Å². The molecule has 3 heterocycles. The van der Waals surface area contributed by atoms with Crippen LogP contribution in [0.3, 0.4) is 0 Å². The third kappa shape index (κ3) is 1.97. The van der Waals surface area contributed by atoms with E-state index in [2.05, 4.69) is 9.55 Å². The second-order valence-corrected chi connectivity index (χ2v) is 6.10. The van der Waals surface area contributed by atoms with Gasteiger partial charge >= 0.3 is 5.97 Å². The molecule has 0 amide bonds. The lowest BCUT2D eigenvalue weighted by molar-refractivity contribution is -0.142. The molecule has 92 valence electrons. The van der Waals surface area contributed by atoms with Gasteiger partial charge in [0.25, 0.3) is 0 Å². The molecular weight excluding hydrogens is 236 g/mol. The van der Waals surface area contributed by atoms with Crippen LogP contribution in [0.2, 0.25) is 0 Å². The number of carboxylic acids is 1. The van der Waals surface area contributed by atoms with Gasteiger partial charge in [-0.3, -0.25) is 4.79 Å². The molecule has 2 aliphatic heterocycles. The van der Waals surface area contributed by atoms with Crippen LogP contribution in [0.1, 0.15) is 36.0 Å². The van der Waals surface area contributed by atoms with Crippen LogP contribution in [0.15, 0.2) is 6.20 Å². The Hall–Kier alpha value is -0.970. The molecule has 0 aromatic carbocycles. The maximum atomic E-state index is 11.0. The third-order valence-electron chi connectivity index (χ3n) is 3.69. The first kappa shape index (κ1) is 11.1. The lowest BCUT2D eigenvalue weighted by atomic mass is 9.96. The van der Waals surface area contributed by atoms with Gasteiger partial charge in [-0.15, -0.1) is 0 Å². The number of carbonyl (C=O) groups is 1. The second-order valence-electron chi connectivity index (χ2n) is 4.79. The number of aliphatic carboxylic acids is 1. The number of nitrogens with zero attached hydrogens (tertiary/aromatic N) is 2. The predicted octanol–water partition coefficient (Wildman–Crippen LogP) is 2.10. The molecule has 0 bridgehead atoms. The Morgan fingerprint density at radius 3 is 3.12 bits per heavy atom. The Bertz CT molecular complexity index is 438. The van der Waals surface area contributed by atoms with Crippen LogP contribution in [0.4, 0.5) is 0 Å². The van der Waals surface area contributed by atoms with Gasteiger partial charge in [0, 0.05) is 24.9 Å². The van der Waals surface area contributed by atoms with E-state index in [1.54, 1.807) is 0 Å².